The van der Waals surface area contributed by atoms with Crippen LogP contribution in [-0.2, 0) is 9.53 Å². The third-order valence-electron chi connectivity index (χ3n) is 5.20. The fourth-order valence-electron chi connectivity index (χ4n) is 3.49. The summed E-state index contributed by atoms with van der Waals surface area (Å²) >= 11 is 0. The smallest absolute Gasteiger partial charge is 0.224 e. The Morgan fingerprint density at radius 3 is 2.46 bits per heavy atom. The van der Waals surface area contributed by atoms with E-state index in [0.717, 1.165) is 63.6 Å². The van der Waals surface area contributed by atoms with Gasteiger partial charge in [-0.05, 0) is 81.3 Å². The van der Waals surface area contributed by atoms with E-state index >= 15 is 0 Å². The predicted molar refractivity (Wildman–Crippen MR) is 106 cm³/mol. The molecule has 6 heteroatoms. The van der Waals surface area contributed by atoms with E-state index in [9.17, 15) is 4.79 Å². The highest BCUT2D eigenvalue weighted by atomic mass is 35.5. The van der Waals surface area contributed by atoms with E-state index < -0.39 is 0 Å². The van der Waals surface area contributed by atoms with Crippen molar-refractivity contribution in [3.05, 3.63) is 24.3 Å². The van der Waals surface area contributed by atoms with Gasteiger partial charge in [0.25, 0.3) is 0 Å². The highest BCUT2D eigenvalue weighted by Crippen LogP contribution is 2.21. The first-order valence-electron chi connectivity index (χ1n) is 9.61. The highest BCUT2D eigenvalue weighted by molar-refractivity contribution is 5.90. The van der Waals surface area contributed by atoms with Crippen molar-refractivity contribution < 1.29 is 14.3 Å². The van der Waals surface area contributed by atoms with Crippen LogP contribution in [0, 0.1) is 11.8 Å². The number of amides is 1. The van der Waals surface area contributed by atoms with Gasteiger partial charge in [-0.3, -0.25) is 4.79 Å². The molecule has 0 radical (unpaired) electrons. The van der Waals surface area contributed by atoms with Gasteiger partial charge >= 0.3 is 0 Å². The first-order valence-corrected chi connectivity index (χ1v) is 9.61. The summed E-state index contributed by atoms with van der Waals surface area (Å²) in [5.74, 6) is 2.24. The Morgan fingerprint density at radius 2 is 1.77 bits per heavy atom. The molecule has 2 fully saturated rings. The van der Waals surface area contributed by atoms with Gasteiger partial charge in [-0.15, -0.1) is 12.4 Å². The molecule has 0 saturated carbocycles. The number of rotatable bonds is 7. The molecule has 0 spiro atoms. The Labute approximate surface area is 162 Å². The molecule has 0 bridgehead atoms. The van der Waals surface area contributed by atoms with E-state index in [1.165, 1.54) is 12.8 Å². The summed E-state index contributed by atoms with van der Waals surface area (Å²) in [5, 5.41) is 6.35. The summed E-state index contributed by atoms with van der Waals surface area (Å²) in [6.45, 7) is 4.60. The summed E-state index contributed by atoms with van der Waals surface area (Å²) in [7, 11) is 0. The number of benzene rings is 1. The molecule has 0 aliphatic carbocycles. The number of ether oxygens (including phenoxy) is 2. The molecule has 2 N–H and O–H groups in total. The van der Waals surface area contributed by atoms with E-state index in [-0.39, 0.29) is 18.3 Å². The average Bonchev–Trinajstić information content (AvgIpc) is 2.67. The van der Waals surface area contributed by atoms with Crippen LogP contribution in [0.15, 0.2) is 24.3 Å². The maximum atomic E-state index is 12.1. The quantitative estimate of drug-likeness (QED) is 0.756. The minimum atomic E-state index is 0. The van der Waals surface area contributed by atoms with E-state index in [1.54, 1.807) is 0 Å². The predicted octanol–water partition coefficient (Wildman–Crippen LogP) is 3.63. The van der Waals surface area contributed by atoms with Gasteiger partial charge in [0.05, 0.1) is 6.61 Å². The summed E-state index contributed by atoms with van der Waals surface area (Å²) < 4.78 is 11.2. The largest absolute Gasteiger partial charge is 0.493 e. The SMILES string of the molecule is Cl.O=C(CCC1CCNCC1)Nc1ccc(OCC2CCOCC2)cc1. The Bertz CT molecular complexity index is 526. The normalized spacial score (nSPS) is 18.8. The second kappa shape index (κ2) is 11.4. The van der Waals surface area contributed by atoms with Gasteiger partial charge in [-0.2, -0.15) is 0 Å². The molecule has 3 rings (SSSR count). The second-order valence-corrected chi connectivity index (χ2v) is 7.17. The molecule has 0 aromatic heterocycles. The molecule has 2 heterocycles. The maximum absolute atomic E-state index is 12.1. The number of piperidine rings is 1. The molecule has 1 aromatic carbocycles. The van der Waals surface area contributed by atoms with Crippen molar-refractivity contribution in [1.82, 2.24) is 5.32 Å². The molecule has 26 heavy (non-hydrogen) atoms. The zero-order valence-corrected chi connectivity index (χ0v) is 16.2. The molecule has 146 valence electrons. The molecule has 2 aliphatic heterocycles. The van der Waals surface area contributed by atoms with Crippen LogP contribution in [0.1, 0.15) is 38.5 Å². The Morgan fingerprint density at radius 1 is 1.08 bits per heavy atom. The first-order chi connectivity index (χ1) is 12.3. The number of halogens is 1. The molecule has 2 aliphatic rings. The summed E-state index contributed by atoms with van der Waals surface area (Å²) in [4.78, 5) is 12.1. The molecular weight excluding hydrogens is 352 g/mol. The topological polar surface area (TPSA) is 59.6 Å². The van der Waals surface area contributed by atoms with Crippen LogP contribution in [0.3, 0.4) is 0 Å². The van der Waals surface area contributed by atoms with Crippen molar-refractivity contribution in [2.45, 2.75) is 38.5 Å². The van der Waals surface area contributed by atoms with Gasteiger partial charge in [0.15, 0.2) is 0 Å². The average molecular weight is 383 g/mol. The minimum absolute atomic E-state index is 0. The molecule has 0 atom stereocenters. The number of anilines is 1. The van der Waals surface area contributed by atoms with Crippen molar-refractivity contribution in [2.75, 3.05) is 38.2 Å². The van der Waals surface area contributed by atoms with Crippen LogP contribution in [0.25, 0.3) is 0 Å². The third kappa shape index (κ3) is 7.14. The Balaban J connectivity index is 0.00000243. The lowest BCUT2D eigenvalue weighted by Gasteiger charge is -2.22. The van der Waals surface area contributed by atoms with Crippen LogP contribution in [0.5, 0.6) is 5.75 Å². The van der Waals surface area contributed by atoms with Crippen molar-refractivity contribution in [3.8, 4) is 5.75 Å². The Hall–Kier alpha value is -1.30. The van der Waals surface area contributed by atoms with Crippen molar-refractivity contribution in [2.24, 2.45) is 11.8 Å². The molecule has 0 unspecified atom stereocenters. The van der Waals surface area contributed by atoms with E-state index in [0.29, 0.717) is 18.3 Å². The van der Waals surface area contributed by atoms with Gasteiger partial charge in [0.1, 0.15) is 5.75 Å². The zero-order chi connectivity index (χ0) is 17.3. The third-order valence-corrected chi connectivity index (χ3v) is 5.20. The Kier molecular flexibility index (Phi) is 9.23. The fourth-order valence-corrected chi connectivity index (χ4v) is 3.49. The summed E-state index contributed by atoms with van der Waals surface area (Å²) in [5.41, 5.74) is 0.841. The van der Waals surface area contributed by atoms with Crippen molar-refractivity contribution in [1.29, 1.82) is 0 Å². The van der Waals surface area contributed by atoms with Crippen molar-refractivity contribution in [3.63, 3.8) is 0 Å². The lowest BCUT2D eigenvalue weighted by molar-refractivity contribution is -0.116. The number of carbonyl (C=O) groups excluding carboxylic acids is 1. The van der Waals surface area contributed by atoms with E-state index in [1.807, 2.05) is 24.3 Å². The minimum Gasteiger partial charge on any atom is -0.493 e. The van der Waals surface area contributed by atoms with E-state index in [2.05, 4.69) is 10.6 Å². The van der Waals surface area contributed by atoms with Gasteiger partial charge < -0.3 is 20.1 Å². The number of hydrogen-bond donors (Lipinski definition) is 2. The molecule has 1 amide bonds. The second-order valence-electron chi connectivity index (χ2n) is 7.17. The van der Waals surface area contributed by atoms with Gasteiger partial charge in [-0.1, -0.05) is 0 Å². The van der Waals surface area contributed by atoms with Crippen LogP contribution >= 0.6 is 12.4 Å². The van der Waals surface area contributed by atoms with Crippen LogP contribution in [-0.4, -0.2) is 38.8 Å². The first kappa shape index (κ1) is 21.0. The summed E-state index contributed by atoms with van der Waals surface area (Å²) in [6.07, 6.45) is 6.11. The lowest BCUT2D eigenvalue weighted by Crippen LogP contribution is -2.28. The van der Waals surface area contributed by atoms with Crippen LogP contribution in [0.2, 0.25) is 0 Å². The van der Waals surface area contributed by atoms with Crippen LogP contribution in [0.4, 0.5) is 5.69 Å². The van der Waals surface area contributed by atoms with E-state index in [4.69, 9.17) is 9.47 Å². The highest BCUT2D eigenvalue weighted by Gasteiger charge is 2.15. The monoisotopic (exact) mass is 382 g/mol. The van der Waals surface area contributed by atoms with Gasteiger partial charge in [0, 0.05) is 25.3 Å². The van der Waals surface area contributed by atoms with Gasteiger partial charge in [0.2, 0.25) is 5.91 Å². The molecule has 2 saturated heterocycles. The number of nitrogens with one attached hydrogen (secondary N) is 2. The zero-order valence-electron chi connectivity index (χ0n) is 15.4. The molecular formula is C20H31ClN2O3. The van der Waals surface area contributed by atoms with Crippen LogP contribution < -0.4 is 15.4 Å². The fraction of sp³-hybridized carbons (Fsp3) is 0.650. The molecule has 5 nitrogen and oxygen atoms in total. The summed E-state index contributed by atoms with van der Waals surface area (Å²) in [6, 6.07) is 7.70. The number of hydrogen-bond acceptors (Lipinski definition) is 4. The van der Waals surface area contributed by atoms with Crippen molar-refractivity contribution >= 4 is 24.0 Å². The number of carbonyl (C=O) groups is 1. The molecule has 1 aromatic rings. The lowest BCUT2D eigenvalue weighted by atomic mass is 9.93. The van der Waals surface area contributed by atoms with Gasteiger partial charge in [-0.25, -0.2) is 0 Å². The standard InChI is InChI=1S/C20H30N2O3.ClH/c23-20(6-1-16-7-11-21-12-8-16)22-18-2-4-19(5-3-18)25-15-17-9-13-24-14-10-17;/h2-5,16-17,21H,1,6-15H2,(H,22,23);1H. The maximum Gasteiger partial charge on any atom is 0.224 e.